The van der Waals surface area contributed by atoms with Crippen LogP contribution in [-0.2, 0) is 11.3 Å². The normalized spacial score (nSPS) is 12.1. The van der Waals surface area contributed by atoms with E-state index >= 15 is 0 Å². The Hall–Kier alpha value is -1.07. The lowest BCUT2D eigenvalue weighted by Gasteiger charge is -2.23. The highest BCUT2D eigenvalue weighted by Gasteiger charge is 2.17. The second-order valence-corrected chi connectivity index (χ2v) is 5.44. The molecule has 0 radical (unpaired) electrons. The van der Waals surface area contributed by atoms with Crippen LogP contribution in [0.15, 0.2) is 22.7 Å². The number of hydrogen-bond donors (Lipinski definition) is 1. The Kier molecular flexibility index (Phi) is 7.02. The highest BCUT2D eigenvalue weighted by Crippen LogP contribution is 2.25. The highest BCUT2D eigenvalue weighted by atomic mass is 79.9. The number of carbonyl (C=O) groups excluding carboxylic acids is 1. The fourth-order valence-corrected chi connectivity index (χ4v) is 2.58. The van der Waals surface area contributed by atoms with Gasteiger partial charge in [-0.25, -0.2) is 0 Å². The van der Waals surface area contributed by atoms with Gasteiger partial charge in [-0.05, 0) is 54.4 Å². The van der Waals surface area contributed by atoms with E-state index < -0.39 is 0 Å². The SMILES string of the molecule is CCN(CC)C(=O)C(C)NCc1ccc(OC)c(Br)c1. The van der Waals surface area contributed by atoms with Gasteiger partial charge in [0.2, 0.25) is 5.91 Å². The van der Waals surface area contributed by atoms with E-state index in [0.29, 0.717) is 6.54 Å². The fraction of sp³-hybridized carbons (Fsp3) is 0.533. The van der Waals surface area contributed by atoms with Crippen molar-refractivity contribution in [1.82, 2.24) is 10.2 Å². The number of halogens is 1. The van der Waals surface area contributed by atoms with Gasteiger partial charge in [-0.15, -0.1) is 0 Å². The van der Waals surface area contributed by atoms with Gasteiger partial charge in [0.05, 0.1) is 17.6 Å². The zero-order valence-electron chi connectivity index (χ0n) is 12.6. The molecule has 5 heteroatoms. The van der Waals surface area contributed by atoms with Crippen molar-refractivity contribution in [2.45, 2.75) is 33.4 Å². The van der Waals surface area contributed by atoms with E-state index in [0.717, 1.165) is 28.9 Å². The number of hydrogen-bond acceptors (Lipinski definition) is 3. The molecule has 1 aromatic rings. The molecule has 0 aliphatic carbocycles. The first-order valence-corrected chi connectivity index (χ1v) is 7.67. The summed E-state index contributed by atoms with van der Waals surface area (Å²) in [5.74, 6) is 0.948. The third kappa shape index (κ3) is 4.49. The lowest BCUT2D eigenvalue weighted by atomic mass is 10.2. The number of benzene rings is 1. The van der Waals surface area contributed by atoms with Gasteiger partial charge in [-0.1, -0.05) is 6.07 Å². The molecule has 1 rings (SSSR count). The average molecular weight is 343 g/mol. The minimum atomic E-state index is -0.184. The number of likely N-dealkylation sites (N-methyl/N-ethyl adjacent to an activating group) is 1. The fourth-order valence-electron chi connectivity index (χ4n) is 1.99. The molecule has 1 atom stereocenters. The number of nitrogens with zero attached hydrogens (tertiary/aromatic N) is 1. The Bertz CT molecular complexity index is 447. The van der Waals surface area contributed by atoms with E-state index in [2.05, 4.69) is 21.2 Å². The summed E-state index contributed by atoms with van der Waals surface area (Å²) < 4.78 is 6.11. The van der Waals surface area contributed by atoms with Crippen LogP contribution >= 0.6 is 15.9 Å². The molecule has 20 heavy (non-hydrogen) atoms. The molecular formula is C15H23BrN2O2. The second-order valence-electron chi connectivity index (χ2n) is 4.58. The summed E-state index contributed by atoms with van der Waals surface area (Å²) in [5, 5.41) is 3.26. The Labute approximate surface area is 129 Å². The summed E-state index contributed by atoms with van der Waals surface area (Å²) in [7, 11) is 1.64. The van der Waals surface area contributed by atoms with Crippen LogP contribution in [0.2, 0.25) is 0 Å². The minimum Gasteiger partial charge on any atom is -0.496 e. The number of nitrogens with one attached hydrogen (secondary N) is 1. The molecule has 4 nitrogen and oxygen atoms in total. The van der Waals surface area contributed by atoms with Crippen molar-refractivity contribution in [3.05, 3.63) is 28.2 Å². The Morgan fingerprint density at radius 2 is 2.05 bits per heavy atom. The van der Waals surface area contributed by atoms with Gasteiger partial charge in [0.25, 0.3) is 0 Å². The Morgan fingerprint density at radius 1 is 1.40 bits per heavy atom. The first-order valence-electron chi connectivity index (χ1n) is 6.88. The predicted molar refractivity (Wildman–Crippen MR) is 84.9 cm³/mol. The lowest BCUT2D eigenvalue weighted by Crippen LogP contribution is -2.44. The van der Waals surface area contributed by atoms with Crippen molar-refractivity contribution in [2.75, 3.05) is 20.2 Å². The Morgan fingerprint density at radius 3 is 2.55 bits per heavy atom. The van der Waals surface area contributed by atoms with E-state index in [-0.39, 0.29) is 11.9 Å². The van der Waals surface area contributed by atoms with E-state index in [9.17, 15) is 4.79 Å². The first-order chi connectivity index (χ1) is 9.53. The maximum absolute atomic E-state index is 12.1. The molecule has 0 fully saturated rings. The molecule has 112 valence electrons. The third-order valence-corrected chi connectivity index (χ3v) is 3.89. The smallest absolute Gasteiger partial charge is 0.239 e. The number of amides is 1. The molecule has 0 spiro atoms. The molecular weight excluding hydrogens is 320 g/mol. The second kappa shape index (κ2) is 8.27. The number of methoxy groups -OCH3 is 1. The number of carbonyl (C=O) groups is 1. The molecule has 0 heterocycles. The van der Waals surface area contributed by atoms with Crippen LogP contribution in [0.25, 0.3) is 0 Å². The average Bonchev–Trinajstić information content (AvgIpc) is 2.46. The molecule has 0 saturated carbocycles. The molecule has 0 aliphatic rings. The van der Waals surface area contributed by atoms with Gasteiger partial charge in [0.15, 0.2) is 0 Å². The topological polar surface area (TPSA) is 41.6 Å². The first kappa shape index (κ1) is 17.0. The maximum atomic E-state index is 12.1. The van der Waals surface area contributed by atoms with E-state index in [1.807, 2.05) is 43.9 Å². The molecule has 1 aromatic carbocycles. The molecule has 1 N–H and O–H groups in total. The van der Waals surface area contributed by atoms with Crippen LogP contribution in [0.1, 0.15) is 26.3 Å². The van der Waals surface area contributed by atoms with Crippen LogP contribution in [0.5, 0.6) is 5.75 Å². The van der Waals surface area contributed by atoms with Crippen molar-refractivity contribution in [3.63, 3.8) is 0 Å². The summed E-state index contributed by atoms with van der Waals surface area (Å²) in [6.07, 6.45) is 0. The van der Waals surface area contributed by atoms with E-state index in [4.69, 9.17) is 4.74 Å². The minimum absolute atomic E-state index is 0.141. The lowest BCUT2D eigenvalue weighted by molar-refractivity contribution is -0.132. The van der Waals surface area contributed by atoms with E-state index in [1.165, 1.54) is 0 Å². The highest BCUT2D eigenvalue weighted by molar-refractivity contribution is 9.10. The molecule has 1 amide bonds. The van der Waals surface area contributed by atoms with E-state index in [1.54, 1.807) is 7.11 Å². The summed E-state index contributed by atoms with van der Waals surface area (Å²) in [5.41, 5.74) is 1.11. The van der Waals surface area contributed by atoms with Gasteiger partial charge >= 0.3 is 0 Å². The molecule has 0 aliphatic heterocycles. The molecule has 0 saturated heterocycles. The summed E-state index contributed by atoms with van der Waals surface area (Å²) in [4.78, 5) is 14.0. The van der Waals surface area contributed by atoms with Crippen LogP contribution in [0.3, 0.4) is 0 Å². The molecule has 1 unspecified atom stereocenters. The summed E-state index contributed by atoms with van der Waals surface area (Å²) in [6.45, 7) is 8.03. The summed E-state index contributed by atoms with van der Waals surface area (Å²) in [6, 6.07) is 5.72. The standard InChI is InChI=1S/C15H23BrN2O2/c1-5-18(6-2)15(19)11(3)17-10-12-7-8-14(20-4)13(16)9-12/h7-9,11,17H,5-6,10H2,1-4H3. The predicted octanol–water partition coefficient (Wildman–Crippen LogP) is 2.80. The van der Waals surface area contributed by atoms with Gasteiger partial charge < -0.3 is 15.0 Å². The van der Waals surface area contributed by atoms with Crippen LogP contribution < -0.4 is 10.1 Å². The monoisotopic (exact) mass is 342 g/mol. The number of rotatable bonds is 7. The maximum Gasteiger partial charge on any atom is 0.239 e. The third-order valence-electron chi connectivity index (χ3n) is 3.27. The largest absolute Gasteiger partial charge is 0.496 e. The van der Waals surface area contributed by atoms with Crippen LogP contribution in [0.4, 0.5) is 0 Å². The van der Waals surface area contributed by atoms with Crippen LogP contribution in [0, 0.1) is 0 Å². The number of ether oxygens (including phenoxy) is 1. The van der Waals surface area contributed by atoms with Crippen LogP contribution in [-0.4, -0.2) is 37.0 Å². The quantitative estimate of drug-likeness (QED) is 0.828. The molecule has 0 bridgehead atoms. The van der Waals surface area contributed by atoms with Crippen molar-refractivity contribution in [1.29, 1.82) is 0 Å². The Balaban J connectivity index is 2.58. The zero-order chi connectivity index (χ0) is 15.1. The van der Waals surface area contributed by atoms with Gasteiger partial charge in [0, 0.05) is 19.6 Å². The van der Waals surface area contributed by atoms with Gasteiger partial charge in [-0.3, -0.25) is 4.79 Å². The molecule has 0 aromatic heterocycles. The van der Waals surface area contributed by atoms with Gasteiger partial charge in [0.1, 0.15) is 5.75 Å². The van der Waals surface area contributed by atoms with Crippen molar-refractivity contribution < 1.29 is 9.53 Å². The van der Waals surface area contributed by atoms with Gasteiger partial charge in [-0.2, -0.15) is 0 Å². The summed E-state index contributed by atoms with van der Waals surface area (Å²) >= 11 is 3.46. The van der Waals surface area contributed by atoms with Crippen molar-refractivity contribution in [3.8, 4) is 5.75 Å². The van der Waals surface area contributed by atoms with Crippen molar-refractivity contribution in [2.24, 2.45) is 0 Å². The van der Waals surface area contributed by atoms with Crippen molar-refractivity contribution >= 4 is 21.8 Å². The zero-order valence-corrected chi connectivity index (χ0v) is 14.2.